The molecule has 0 rings (SSSR count). The molecule has 0 unspecified atom stereocenters. The predicted octanol–water partition coefficient (Wildman–Crippen LogP) is 2.75. The molecule has 0 aliphatic carbocycles. The van der Waals surface area contributed by atoms with E-state index < -0.39 is 17.0 Å². The van der Waals surface area contributed by atoms with Gasteiger partial charge in [-0.1, -0.05) is 0 Å². The molecule has 0 atom stereocenters. The molecule has 0 heterocycles. The number of hydrogen-bond acceptors (Lipinski definition) is 0. The molecule has 0 spiro atoms. The van der Waals surface area contributed by atoms with Gasteiger partial charge in [-0.3, -0.25) is 0 Å². The quantitative estimate of drug-likeness (QED) is 0.518. The lowest BCUT2D eigenvalue weighted by Crippen LogP contribution is -2.00. The first-order chi connectivity index (χ1) is 3.42. The Kier molecular flexibility index (Phi) is 2.46. The summed E-state index contributed by atoms with van der Waals surface area (Å²) in [6, 6.07) is 0. The fourth-order valence-corrected chi connectivity index (χ4v) is 0.383. The molecule has 0 aromatic rings. The minimum atomic E-state index is -4.56. The topological polar surface area (TPSA) is 0 Å². The van der Waals surface area contributed by atoms with E-state index in [2.05, 4.69) is 0 Å². The standard InChI is InChI=1S/C3HBrF4/c4-2(5)1-3(6,7)8/h1H/b2-1-. The Morgan fingerprint density at radius 1 is 1.38 bits per heavy atom. The van der Waals surface area contributed by atoms with Crippen LogP contribution in [0.4, 0.5) is 17.6 Å². The molecule has 0 aliphatic rings. The van der Waals surface area contributed by atoms with Crippen molar-refractivity contribution < 1.29 is 17.6 Å². The van der Waals surface area contributed by atoms with Crippen molar-refractivity contribution in [3.63, 3.8) is 0 Å². The summed E-state index contributed by atoms with van der Waals surface area (Å²) in [4.78, 5) is 0. The van der Waals surface area contributed by atoms with Crippen LogP contribution in [-0.4, -0.2) is 6.18 Å². The number of hydrogen-bond donors (Lipinski definition) is 0. The molecule has 5 heteroatoms. The first kappa shape index (κ1) is 7.94. The van der Waals surface area contributed by atoms with Crippen molar-refractivity contribution >= 4 is 15.9 Å². The van der Waals surface area contributed by atoms with Crippen LogP contribution in [0, 0.1) is 0 Å². The number of alkyl halides is 3. The molecular formula is C3HBrF4. The Balaban J connectivity index is 3.89. The molecule has 0 aromatic heterocycles. The van der Waals surface area contributed by atoms with Crippen molar-refractivity contribution in [1.82, 2.24) is 0 Å². The van der Waals surface area contributed by atoms with Crippen LogP contribution in [0.15, 0.2) is 10.8 Å². The van der Waals surface area contributed by atoms with E-state index in [1.165, 1.54) is 0 Å². The fourth-order valence-electron chi connectivity index (χ4n) is 0.124. The van der Waals surface area contributed by atoms with Crippen molar-refractivity contribution in [3.8, 4) is 0 Å². The van der Waals surface area contributed by atoms with Crippen molar-refractivity contribution in [2.75, 3.05) is 0 Å². The molecule has 48 valence electrons. The second-order valence-electron chi connectivity index (χ2n) is 0.976. The van der Waals surface area contributed by atoms with Gasteiger partial charge in [-0.25, -0.2) is 0 Å². The summed E-state index contributed by atoms with van der Waals surface area (Å²) in [5, 5.41) is 0. The summed E-state index contributed by atoms with van der Waals surface area (Å²) in [6.07, 6.45) is -5.04. The molecule has 0 bridgehead atoms. The van der Waals surface area contributed by atoms with Crippen LogP contribution in [0.1, 0.15) is 0 Å². The third-order valence-corrected chi connectivity index (χ3v) is 0.502. The molecule has 0 saturated heterocycles. The second-order valence-corrected chi connectivity index (χ2v) is 1.73. The van der Waals surface area contributed by atoms with Gasteiger partial charge in [0.15, 0.2) is 4.74 Å². The van der Waals surface area contributed by atoms with E-state index >= 15 is 0 Å². The predicted molar refractivity (Wildman–Crippen MR) is 24.2 cm³/mol. The highest BCUT2D eigenvalue weighted by atomic mass is 79.9. The SMILES string of the molecule is F/C(Br)=C\C(F)(F)F. The third kappa shape index (κ3) is 5.94. The van der Waals surface area contributed by atoms with Gasteiger partial charge in [-0.05, 0) is 15.9 Å². The molecule has 0 N–H and O–H groups in total. The molecule has 8 heavy (non-hydrogen) atoms. The Morgan fingerprint density at radius 3 is 1.75 bits per heavy atom. The van der Waals surface area contributed by atoms with E-state index in [0.29, 0.717) is 0 Å². The highest BCUT2D eigenvalue weighted by Crippen LogP contribution is 2.21. The molecule has 0 aliphatic heterocycles. The number of rotatable bonds is 0. The Bertz CT molecular complexity index is 98.3. The molecule has 0 nitrogen and oxygen atoms in total. The number of allylic oxidation sites excluding steroid dienone is 1. The minimum Gasteiger partial charge on any atom is -0.199 e. The summed E-state index contributed by atoms with van der Waals surface area (Å²) in [5.74, 6) is 0. The van der Waals surface area contributed by atoms with Crippen LogP contribution < -0.4 is 0 Å². The van der Waals surface area contributed by atoms with Crippen molar-refractivity contribution in [2.24, 2.45) is 0 Å². The van der Waals surface area contributed by atoms with Crippen LogP contribution in [0.5, 0.6) is 0 Å². The molecule has 0 saturated carbocycles. The van der Waals surface area contributed by atoms with Gasteiger partial charge in [0.05, 0.1) is 6.08 Å². The normalized spacial score (nSPS) is 14.4. The summed E-state index contributed by atoms with van der Waals surface area (Å²) >= 11 is 1.98. The van der Waals surface area contributed by atoms with Crippen LogP contribution in [0.3, 0.4) is 0 Å². The van der Waals surface area contributed by atoms with Crippen molar-refractivity contribution in [1.29, 1.82) is 0 Å². The van der Waals surface area contributed by atoms with Crippen molar-refractivity contribution in [3.05, 3.63) is 10.8 Å². The highest BCUT2D eigenvalue weighted by Gasteiger charge is 2.24. The molecular weight excluding hydrogens is 192 g/mol. The Morgan fingerprint density at radius 2 is 1.75 bits per heavy atom. The second kappa shape index (κ2) is 2.48. The summed E-state index contributed by atoms with van der Waals surface area (Å²) < 4.78 is 42.7. The lowest BCUT2D eigenvalue weighted by atomic mass is 10.6. The number of halogens is 5. The average molecular weight is 193 g/mol. The Labute approximate surface area is 51.3 Å². The Hall–Kier alpha value is -0.0600. The zero-order valence-electron chi connectivity index (χ0n) is 3.47. The van der Waals surface area contributed by atoms with Crippen LogP contribution >= 0.6 is 15.9 Å². The lowest BCUT2D eigenvalue weighted by molar-refractivity contribution is -0.0807. The molecule has 0 fully saturated rings. The molecule has 0 amide bonds. The summed E-state index contributed by atoms with van der Waals surface area (Å²) in [6.45, 7) is 0. The van der Waals surface area contributed by atoms with Gasteiger partial charge in [0.1, 0.15) is 0 Å². The van der Waals surface area contributed by atoms with Crippen LogP contribution in [-0.2, 0) is 0 Å². The monoisotopic (exact) mass is 192 g/mol. The van der Waals surface area contributed by atoms with Gasteiger partial charge in [0.2, 0.25) is 0 Å². The van der Waals surface area contributed by atoms with E-state index in [-0.39, 0.29) is 0 Å². The van der Waals surface area contributed by atoms with E-state index in [1.54, 1.807) is 0 Å². The van der Waals surface area contributed by atoms with Gasteiger partial charge in [-0.15, -0.1) is 0 Å². The van der Waals surface area contributed by atoms with Gasteiger partial charge >= 0.3 is 6.18 Å². The average Bonchev–Trinajstić information content (AvgIpc) is 1.21. The first-order valence-corrected chi connectivity index (χ1v) is 2.32. The maximum atomic E-state index is 11.3. The summed E-state index contributed by atoms with van der Waals surface area (Å²) in [7, 11) is 0. The van der Waals surface area contributed by atoms with Gasteiger partial charge in [0, 0.05) is 0 Å². The summed E-state index contributed by atoms with van der Waals surface area (Å²) in [5.41, 5.74) is 0. The van der Waals surface area contributed by atoms with Gasteiger partial charge in [-0.2, -0.15) is 17.6 Å². The molecule has 0 radical (unpaired) electrons. The van der Waals surface area contributed by atoms with E-state index in [4.69, 9.17) is 0 Å². The van der Waals surface area contributed by atoms with E-state index in [9.17, 15) is 17.6 Å². The first-order valence-electron chi connectivity index (χ1n) is 1.52. The smallest absolute Gasteiger partial charge is 0.199 e. The van der Waals surface area contributed by atoms with E-state index in [1.807, 2.05) is 15.9 Å². The van der Waals surface area contributed by atoms with Gasteiger partial charge in [0.25, 0.3) is 0 Å². The third-order valence-electron chi connectivity index (χ3n) is 0.273. The van der Waals surface area contributed by atoms with Crippen LogP contribution in [0.25, 0.3) is 0 Å². The zero-order valence-corrected chi connectivity index (χ0v) is 5.05. The van der Waals surface area contributed by atoms with Gasteiger partial charge < -0.3 is 0 Å². The van der Waals surface area contributed by atoms with E-state index in [0.717, 1.165) is 0 Å². The lowest BCUT2D eigenvalue weighted by Gasteiger charge is -1.94. The maximum Gasteiger partial charge on any atom is 0.413 e. The highest BCUT2D eigenvalue weighted by molar-refractivity contribution is 9.11. The largest absolute Gasteiger partial charge is 0.413 e. The fraction of sp³-hybridized carbons (Fsp3) is 0.333. The van der Waals surface area contributed by atoms with Crippen molar-refractivity contribution in [2.45, 2.75) is 6.18 Å². The van der Waals surface area contributed by atoms with Crippen LogP contribution in [0.2, 0.25) is 0 Å². The zero-order chi connectivity index (χ0) is 6.78. The minimum absolute atomic E-state index is 0.479. The maximum absolute atomic E-state index is 11.3. The molecule has 0 aromatic carbocycles.